The number of nitrogens with zero attached hydrogens (tertiary/aromatic N) is 2. The number of hydrazone groups is 1. The van der Waals surface area contributed by atoms with Gasteiger partial charge in [0, 0.05) is 32.4 Å². The molecule has 0 atom stereocenters. The minimum absolute atomic E-state index is 0.550. The quantitative estimate of drug-likeness (QED) is 0.336. The van der Waals surface area contributed by atoms with Crippen molar-refractivity contribution in [3.8, 4) is 12.8 Å². The first-order valence-corrected chi connectivity index (χ1v) is 8.14. The monoisotopic (exact) mass is 341 g/mol. The van der Waals surface area contributed by atoms with Crippen molar-refractivity contribution in [2.75, 3.05) is 7.05 Å². The molecule has 0 aliphatic carbocycles. The molecule has 1 aromatic carbocycles. The van der Waals surface area contributed by atoms with Crippen molar-refractivity contribution in [3.05, 3.63) is 66.3 Å². The van der Waals surface area contributed by atoms with E-state index in [0.29, 0.717) is 6.54 Å². The Morgan fingerprint density at radius 2 is 2.08 bits per heavy atom. The van der Waals surface area contributed by atoms with Crippen LogP contribution >= 0.6 is 0 Å². The zero-order chi connectivity index (χ0) is 19.5. The van der Waals surface area contributed by atoms with Crippen LogP contribution in [0.25, 0.3) is 0 Å². The van der Waals surface area contributed by atoms with E-state index >= 15 is 0 Å². The molecule has 0 radical (unpaired) electrons. The van der Waals surface area contributed by atoms with Gasteiger partial charge < -0.3 is 16.1 Å². The molecule has 5 nitrogen and oxygen atoms in total. The Balaban J connectivity index is 0. The van der Waals surface area contributed by atoms with E-state index in [1.54, 1.807) is 19.4 Å². The van der Waals surface area contributed by atoms with Crippen LogP contribution in [0.4, 0.5) is 0 Å². The lowest BCUT2D eigenvalue weighted by Gasteiger charge is -2.05. The first-order chi connectivity index (χ1) is 12.2. The fourth-order valence-corrected chi connectivity index (χ4v) is 1.72. The van der Waals surface area contributed by atoms with Crippen molar-refractivity contribution in [1.82, 2.24) is 15.4 Å². The highest BCUT2D eigenvalue weighted by Crippen LogP contribution is 2.08. The zero-order valence-corrected chi connectivity index (χ0v) is 15.8. The van der Waals surface area contributed by atoms with Crippen LogP contribution in [0.1, 0.15) is 37.2 Å². The van der Waals surface area contributed by atoms with Gasteiger partial charge in [0.2, 0.25) is 0 Å². The summed E-state index contributed by atoms with van der Waals surface area (Å²) in [7, 11) is 1.79. The number of benzene rings is 1. The third kappa shape index (κ3) is 11.4. The van der Waals surface area contributed by atoms with Crippen LogP contribution in [0.3, 0.4) is 0 Å². The Labute approximate surface area is 152 Å². The molecular weight excluding hydrogens is 310 g/mol. The van der Waals surface area contributed by atoms with Gasteiger partial charge in [0.05, 0.1) is 5.71 Å². The van der Waals surface area contributed by atoms with E-state index in [1.165, 1.54) is 0 Å². The van der Waals surface area contributed by atoms with E-state index in [1.807, 2.05) is 45.0 Å². The molecule has 2 aromatic rings. The second kappa shape index (κ2) is 17.5. The number of nitrogens with two attached hydrogens (primary N) is 1. The Bertz CT molecular complexity index is 598. The molecule has 4 N–H and O–H groups in total. The smallest absolute Gasteiger partial charge is 0.102 e. The van der Waals surface area contributed by atoms with E-state index in [4.69, 9.17) is 5.73 Å². The van der Waals surface area contributed by atoms with Crippen molar-refractivity contribution in [3.63, 3.8) is 0 Å². The predicted molar refractivity (Wildman–Crippen MR) is 109 cm³/mol. The van der Waals surface area contributed by atoms with Gasteiger partial charge in [-0.05, 0) is 24.1 Å². The van der Waals surface area contributed by atoms with Gasteiger partial charge in [-0.3, -0.25) is 0 Å². The molecule has 1 aromatic heterocycles. The first-order valence-electron chi connectivity index (χ1n) is 8.14. The molecule has 0 aliphatic rings. The van der Waals surface area contributed by atoms with E-state index in [2.05, 4.69) is 46.0 Å². The number of aromatic nitrogens is 2. The summed E-state index contributed by atoms with van der Waals surface area (Å²) in [5, 5.41) is 4.21. The molecule has 0 unspecified atom stereocenters. The Hall–Kier alpha value is -2.84. The van der Waals surface area contributed by atoms with Crippen molar-refractivity contribution in [2.24, 2.45) is 10.8 Å². The molecule has 0 saturated heterocycles. The van der Waals surface area contributed by atoms with Crippen LogP contribution < -0.4 is 11.2 Å². The van der Waals surface area contributed by atoms with Gasteiger partial charge >= 0.3 is 0 Å². The largest absolute Gasteiger partial charge is 0.349 e. The third-order valence-corrected chi connectivity index (χ3v) is 2.72. The van der Waals surface area contributed by atoms with Gasteiger partial charge in [0.15, 0.2) is 0 Å². The summed E-state index contributed by atoms with van der Waals surface area (Å²) in [6.07, 6.45) is 14.1. The van der Waals surface area contributed by atoms with Crippen LogP contribution in [-0.2, 0) is 6.54 Å². The van der Waals surface area contributed by atoms with Gasteiger partial charge in [-0.25, -0.2) is 4.98 Å². The minimum atomic E-state index is 0.550. The van der Waals surface area contributed by atoms with E-state index in [9.17, 15) is 0 Å². The molecule has 136 valence electrons. The Morgan fingerprint density at radius 3 is 2.48 bits per heavy atom. The molecule has 0 bridgehead atoms. The normalized spacial score (nSPS) is 9.16. The molecule has 0 saturated carbocycles. The van der Waals surface area contributed by atoms with Crippen molar-refractivity contribution in [1.29, 1.82) is 0 Å². The maximum Gasteiger partial charge on any atom is 0.102 e. The molecule has 0 amide bonds. The van der Waals surface area contributed by atoms with Crippen LogP contribution in [0.15, 0.2) is 54.4 Å². The van der Waals surface area contributed by atoms with Crippen LogP contribution in [0.2, 0.25) is 0 Å². The highest BCUT2D eigenvalue weighted by molar-refractivity contribution is 6.01. The standard InChI is InChI=1S/C12H17N3.C4H6N2.C2H6.C2H2/c1-3-5-12(15-14-2)11-7-4-6-10(8-11)9-13;1-4-5-2-3-6-4;2*1-2/h3-4,6-8,14H,1,5,9,13H2,2H3;2-3H,1H3,(H,5,6);1-2H3;1-2H/b15-12-;;;. The van der Waals surface area contributed by atoms with E-state index in [0.717, 1.165) is 29.1 Å². The minimum Gasteiger partial charge on any atom is -0.349 e. The molecule has 0 spiro atoms. The molecule has 0 fully saturated rings. The summed E-state index contributed by atoms with van der Waals surface area (Å²) in [5.74, 6) is 0.968. The Morgan fingerprint density at radius 1 is 1.40 bits per heavy atom. The number of terminal acetylenes is 1. The number of aryl methyl sites for hydroxylation is 1. The summed E-state index contributed by atoms with van der Waals surface area (Å²) >= 11 is 0. The third-order valence-electron chi connectivity index (χ3n) is 2.72. The molecule has 25 heavy (non-hydrogen) atoms. The molecule has 1 heterocycles. The lowest BCUT2D eigenvalue weighted by atomic mass is 10.0. The summed E-state index contributed by atoms with van der Waals surface area (Å²) in [6, 6.07) is 8.08. The molecule has 2 rings (SSSR count). The second-order valence-corrected chi connectivity index (χ2v) is 4.35. The highest BCUT2D eigenvalue weighted by Gasteiger charge is 2.02. The number of H-pyrrole nitrogens is 1. The number of nitrogens with one attached hydrogen (secondary N) is 2. The van der Waals surface area contributed by atoms with Crippen molar-refractivity contribution < 1.29 is 0 Å². The number of imidazole rings is 1. The van der Waals surface area contributed by atoms with Gasteiger partial charge in [0.1, 0.15) is 5.82 Å². The maximum atomic E-state index is 5.59. The lowest BCUT2D eigenvalue weighted by molar-refractivity contribution is 0.896. The number of hydrogen-bond donors (Lipinski definition) is 3. The van der Waals surface area contributed by atoms with Crippen molar-refractivity contribution in [2.45, 2.75) is 33.7 Å². The summed E-state index contributed by atoms with van der Waals surface area (Å²) in [4.78, 5) is 6.75. The molecule has 0 aliphatic heterocycles. The van der Waals surface area contributed by atoms with E-state index in [-0.39, 0.29) is 0 Å². The molecular formula is C20H31N5. The first kappa shape index (κ1) is 24.4. The van der Waals surface area contributed by atoms with Gasteiger partial charge in [-0.1, -0.05) is 38.1 Å². The fraction of sp³-hybridized carbons (Fsp3) is 0.300. The summed E-state index contributed by atoms with van der Waals surface area (Å²) in [5.41, 5.74) is 11.6. The van der Waals surface area contributed by atoms with Gasteiger partial charge in [0.25, 0.3) is 0 Å². The zero-order valence-electron chi connectivity index (χ0n) is 15.8. The number of allylic oxidation sites excluding steroid dienone is 1. The van der Waals surface area contributed by atoms with Crippen LogP contribution in [-0.4, -0.2) is 22.7 Å². The fourth-order valence-electron chi connectivity index (χ4n) is 1.72. The SMILES string of the molecule is C#C.C=CC/C(=N/NC)c1cccc(CN)c1.CC.Cc1ncc[nH]1. The number of hydrogen-bond acceptors (Lipinski definition) is 4. The highest BCUT2D eigenvalue weighted by atomic mass is 15.3. The van der Waals surface area contributed by atoms with Crippen molar-refractivity contribution >= 4 is 5.71 Å². The Kier molecular flexibility index (Phi) is 17.1. The van der Waals surface area contributed by atoms with E-state index < -0.39 is 0 Å². The second-order valence-electron chi connectivity index (χ2n) is 4.35. The van der Waals surface area contributed by atoms with Gasteiger partial charge in [-0.2, -0.15) is 5.10 Å². The average molecular weight is 342 g/mol. The van der Waals surface area contributed by atoms with Gasteiger partial charge in [-0.15, -0.1) is 19.4 Å². The van der Waals surface area contributed by atoms with Crippen LogP contribution in [0, 0.1) is 19.8 Å². The molecule has 5 heteroatoms. The maximum absolute atomic E-state index is 5.59. The topological polar surface area (TPSA) is 79.1 Å². The van der Waals surface area contributed by atoms with Crippen LogP contribution in [0.5, 0.6) is 0 Å². The predicted octanol–water partition coefficient (Wildman–Crippen LogP) is 3.64. The average Bonchev–Trinajstić information content (AvgIpc) is 3.16. The number of aromatic amines is 1. The summed E-state index contributed by atoms with van der Waals surface area (Å²) in [6.45, 7) is 10.2. The lowest BCUT2D eigenvalue weighted by Crippen LogP contribution is -2.07. The number of rotatable bonds is 5. The summed E-state index contributed by atoms with van der Waals surface area (Å²) < 4.78 is 0.